The molecule has 210 valence electrons. The second-order valence-electron chi connectivity index (χ2n) is 10.4. The number of allylic oxidation sites excluding steroid dienone is 3. The van der Waals surface area contributed by atoms with Crippen molar-refractivity contribution in [1.82, 2.24) is 0 Å². The number of carbonyl (C=O) groups is 1. The van der Waals surface area contributed by atoms with E-state index >= 15 is 0 Å². The zero-order valence-electron chi connectivity index (χ0n) is 23.4. The molecule has 6 nitrogen and oxygen atoms in total. The van der Waals surface area contributed by atoms with Crippen LogP contribution in [0, 0.1) is 0 Å². The van der Waals surface area contributed by atoms with Crippen LogP contribution in [-0.2, 0) is 9.53 Å². The second-order valence-corrected chi connectivity index (χ2v) is 10.4. The topological polar surface area (TPSA) is 107 Å². The van der Waals surface area contributed by atoms with Gasteiger partial charge in [0, 0.05) is 6.42 Å². The third kappa shape index (κ3) is 9.96. The van der Waals surface area contributed by atoms with Gasteiger partial charge in [0.25, 0.3) is 0 Å². The molecule has 0 aromatic heterocycles. The Labute approximate surface area is 227 Å². The van der Waals surface area contributed by atoms with E-state index in [2.05, 4.69) is 6.92 Å². The molecule has 0 bridgehead atoms. The number of fused-ring (bicyclic) bond motifs is 1. The highest BCUT2D eigenvalue weighted by Crippen LogP contribution is 2.46. The van der Waals surface area contributed by atoms with Gasteiger partial charge in [-0.1, -0.05) is 95.6 Å². The Morgan fingerprint density at radius 2 is 1.21 bits per heavy atom. The van der Waals surface area contributed by atoms with E-state index in [0.29, 0.717) is 0 Å². The van der Waals surface area contributed by atoms with Crippen molar-refractivity contribution in [2.24, 2.45) is 0 Å². The summed E-state index contributed by atoms with van der Waals surface area (Å²) in [5, 5.41) is 41.6. The number of carbonyl (C=O) groups excluding carboxylic acids is 1. The van der Waals surface area contributed by atoms with Crippen LogP contribution in [0.5, 0.6) is 23.0 Å². The number of hydrogen-bond donors (Lipinski definition) is 4. The third-order valence-electron chi connectivity index (χ3n) is 6.73. The van der Waals surface area contributed by atoms with Gasteiger partial charge >= 0.3 is 5.97 Å². The predicted octanol–water partition coefficient (Wildman–Crippen LogP) is 8.99. The lowest BCUT2D eigenvalue weighted by Crippen LogP contribution is -2.04. The first-order valence-corrected chi connectivity index (χ1v) is 14.2. The van der Waals surface area contributed by atoms with E-state index in [-0.39, 0.29) is 45.8 Å². The average molecular weight is 527 g/mol. The van der Waals surface area contributed by atoms with Crippen molar-refractivity contribution < 1.29 is 30.0 Å². The van der Waals surface area contributed by atoms with Gasteiger partial charge in [0.05, 0.1) is 16.3 Å². The lowest BCUT2D eigenvalue weighted by atomic mass is 10.0. The maximum atomic E-state index is 12.6. The van der Waals surface area contributed by atoms with Crippen molar-refractivity contribution in [2.45, 2.75) is 111 Å². The zero-order chi connectivity index (χ0) is 27.9. The van der Waals surface area contributed by atoms with Crippen LogP contribution in [0.4, 0.5) is 0 Å². The fraction of sp³-hybridized carbons (Fsp3) is 0.531. The van der Waals surface area contributed by atoms with Crippen molar-refractivity contribution >= 4 is 22.5 Å². The fourth-order valence-corrected chi connectivity index (χ4v) is 4.56. The normalized spacial score (nSPS) is 11.6. The number of ether oxygens (including phenoxy) is 1. The molecule has 0 spiro atoms. The van der Waals surface area contributed by atoms with Crippen molar-refractivity contribution in [3.05, 3.63) is 41.5 Å². The van der Waals surface area contributed by atoms with Crippen LogP contribution in [0.2, 0.25) is 0 Å². The Kier molecular flexibility index (Phi) is 13.6. The number of phenolic OH excluding ortho intramolecular Hbond substituents is 4. The van der Waals surface area contributed by atoms with E-state index in [4.69, 9.17) is 4.74 Å². The number of unbranched alkanes of at least 4 members (excludes halogenated alkanes) is 12. The number of benzene rings is 2. The molecular formula is C32H46O6. The minimum atomic E-state index is -0.430. The van der Waals surface area contributed by atoms with Gasteiger partial charge in [-0.3, -0.25) is 4.79 Å². The molecule has 4 N–H and O–H groups in total. The van der Waals surface area contributed by atoms with Gasteiger partial charge in [-0.2, -0.15) is 0 Å². The van der Waals surface area contributed by atoms with E-state index in [0.717, 1.165) is 24.8 Å². The molecule has 0 radical (unpaired) electrons. The van der Waals surface area contributed by atoms with Gasteiger partial charge in [0.15, 0.2) is 0 Å². The van der Waals surface area contributed by atoms with Gasteiger partial charge in [0.2, 0.25) is 0 Å². The molecule has 6 heteroatoms. The highest BCUT2D eigenvalue weighted by Gasteiger charge is 2.21. The van der Waals surface area contributed by atoms with Crippen LogP contribution in [0.25, 0.3) is 16.5 Å². The highest BCUT2D eigenvalue weighted by atomic mass is 16.5. The summed E-state index contributed by atoms with van der Waals surface area (Å²) in [5.41, 5.74) is 0.993. The molecule has 0 amide bonds. The van der Waals surface area contributed by atoms with Crippen molar-refractivity contribution in [3.63, 3.8) is 0 Å². The largest absolute Gasteiger partial charge is 0.507 e. The summed E-state index contributed by atoms with van der Waals surface area (Å²) in [6.45, 7) is 6.00. The SMILES string of the molecule is CCCCCCCCCCCCCCCC(=O)O/C(=C\C=C(C)C)c1cc(O)c2c(O)ccc(O)c2c1O. The van der Waals surface area contributed by atoms with Crippen molar-refractivity contribution in [1.29, 1.82) is 0 Å². The summed E-state index contributed by atoms with van der Waals surface area (Å²) in [7, 11) is 0. The first kappa shape index (κ1) is 31.1. The summed E-state index contributed by atoms with van der Waals surface area (Å²) < 4.78 is 5.61. The predicted molar refractivity (Wildman–Crippen MR) is 154 cm³/mol. The van der Waals surface area contributed by atoms with Gasteiger partial charge in [-0.05, 0) is 44.5 Å². The molecule has 38 heavy (non-hydrogen) atoms. The van der Waals surface area contributed by atoms with Gasteiger partial charge < -0.3 is 25.2 Å². The van der Waals surface area contributed by atoms with E-state index in [9.17, 15) is 25.2 Å². The molecule has 0 unspecified atom stereocenters. The Morgan fingerprint density at radius 1 is 0.711 bits per heavy atom. The highest BCUT2D eigenvalue weighted by molar-refractivity contribution is 6.04. The first-order chi connectivity index (χ1) is 18.3. The first-order valence-electron chi connectivity index (χ1n) is 14.2. The van der Waals surface area contributed by atoms with Gasteiger partial charge in [0.1, 0.15) is 28.8 Å². The van der Waals surface area contributed by atoms with E-state index in [1.165, 1.54) is 82.4 Å². The number of rotatable bonds is 17. The smallest absolute Gasteiger partial charge is 0.311 e. The Bertz CT molecular complexity index is 1100. The van der Waals surface area contributed by atoms with Crippen LogP contribution in [0.3, 0.4) is 0 Å². The molecule has 0 saturated heterocycles. The molecule has 0 fully saturated rings. The van der Waals surface area contributed by atoms with Gasteiger partial charge in [-0.25, -0.2) is 0 Å². The average Bonchev–Trinajstić information content (AvgIpc) is 2.88. The summed E-state index contributed by atoms with van der Waals surface area (Å²) in [5.74, 6) is -1.71. The van der Waals surface area contributed by atoms with Crippen LogP contribution >= 0.6 is 0 Å². The minimum absolute atomic E-state index is 0.0483. The molecule has 2 aromatic rings. The molecule has 2 rings (SSSR count). The molecule has 2 aromatic carbocycles. The molecule has 0 aliphatic heterocycles. The Hall–Kier alpha value is -3.15. The number of hydrogen-bond acceptors (Lipinski definition) is 6. The lowest BCUT2D eigenvalue weighted by Gasteiger charge is -2.15. The molecule has 0 aliphatic rings. The van der Waals surface area contributed by atoms with E-state index < -0.39 is 11.7 Å². The lowest BCUT2D eigenvalue weighted by molar-refractivity contribution is -0.136. The maximum Gasteiger partial charge on any atom is 0.311 e. The maximum absolute atomic E-state index is 12.6. The van der Waals surface area contributed by atoms with E-state index in [1.54, 1.807) is 12.2 Å². The minimum Gasteiger partial charge on any atom is -0.507 e. The number of esters is 1. The molecular weight excluding hydrogens is 480 g/mol. The quantitative estimate of drug-likeness (QED) is 0.0538. The van der Waals surface area contributed by atoms with Crippen LogP contribution in [-0.4, -0.2) is 26.4 Å². The third-order valence-corrected chi connectivity index (χ3v) is 6.73. The van der Waals surface area contributed by atoms with E-state index in [1.807, 2.05) is 13.8 Å². The summed E-state index contributed by atoms with van der Waals surface area (Å²) in [6, 6.07) is 3.67. The van der Waals surface area contributed by atoms with Crippen LogP contribution < -0.4 is 0 Å². The molecule has 0 heterocycles. The van der Waals surface area contributed by atoms with Crippen LogP contribution in [0.1, 0.15) is 116 Å². The van der Waals surface area contributed by atoms with Crippen molar-refractivity contribution in [3.8, 4) is 23.0 Å². The number of phenols is 4. The Balaban J connectivity index is 1.88. The van der Waals surface area contributed by atoms with Gasteiger partial charge in [-0.15, -0.1) is 0 Å². The monoisotopic (exact) mass is 526 g/mol. The Morgan fingerprint density at radius 3 is 1.74 bits per heavy atom. The molecule has 0 atom stereocenters. The summed E-state index contributed by atoms with van der Waals surface area (Å²) in [6.07, 6.45) is 19.4. The summed E-state index contributed by atoms with van der Waals surface area (Å²) >= 11 is 0. The van der Waals surface area contributed by atoms with Crippen LogP contribution in [0.15, 0.2) is 35.9 Å². The fourth-order valence-electron chi connectivity index (χ4n) is 4.56. The standard InChI is InChI=1S/C32H46O6/c1-4-5-6-7-8-9-10-11-12-13-14-15-16-17-29(36)38-28(21-18-23(2)3)24-22-27(35)30-25(33)19-20-26(34)31(30)32(24)37/h18-22,33-35,37H,4-17H2,1-3H3/b28-21-. The molecule has 0 saturated carbocycles. The second kappa shape index (κ2) is 16.6. The molecule has 0 aliphatic carbocycles. The summed E-state index contributed by atoms with van der Waals surface area (Å²) in [4.78, 5) is 12.6. The van der Waals surface area contributed by atoms with Crippen molar-refractivity contribution in [2.75, 3.05) is 0 Å². The zero-order valence-corrected chi connectivity index (χ0v) is 23.4. The number of aromatic hydroxyl groups is 4.